The van der Waals surface area contributed by atoms with Crippen molar-refractivity contribution in [3.05, 3.63) is 36.7 Å². The molecule has 0 atom stereocenters. The van der Waals surface area contributed by atoms with Crippen molar-refractivity contribution in [2.45, 2.75) is 11.9 Å². The first-order valence-electron chi connectivity index (χ1n) is 7.44. The van der Waals surface area contributed by atoms with E-state index in [1.54, 1.807) is 31.5 Å². The van der Waals surface area contributed by atoms with E-state index in [0.29, 0.717) is 17.8 Å². The predicted molar refractivity (Wildman–Crippen MR) is 92.0 cm³/mol. The highest BCUT2D eigenvalue weighted by Crippen LogP contribution is 2.24. The second kappa shape index (κ2) is 6.48. The zero-order valence-electron chi connectivity index (χ0n) is 13.6. The number of carbonyl (C=O) groups is 1. The van der Waals surface area contributed by atoms with Gasteiger partial charge < -0.3 is 5.32 Å². The largest absolute Gasteiger partial charge is 0.338 e. The molecule has 10 heteroatoms. The van der Waals surface area contributed by atoms with Crippen molar-refractivity contribution in [1.29, 1.82) is 0 Å². The van der Waals surface area contributed by atoms with Gasteiger partial charge in [-0.2, -0.15) is 4.98 Å². The molecule has 0 spiro atoms. The molecule has 2 amide bonds. The lowest BCUT2D eigenvalue weighted by molar-refractivity contribution is 0.252. The molecule has 0 unspecified atom stereocenters. The lowest BCUT2D eigenvalue weighted by Gasteiger charge is -2.06. The van der Waals surface area contributed by atoms with Crippen LogP contribution in [0.4, 0.5) is 10.7 Å². The number of urea groups is 1. The predicted octanol–water partition coefficient (Wildman–Crippen LogP) is 1.34. The van der Waals surface area contributed by atoms with Crippen LogP contribution in [0.1, 0.15) is 6.92 Å². The lowest BCUT2D eigenvalue weighted by Crippen LogP contribution is -2.28. The van der Waals surface area contributed by atoms with E-state index in [0.717, 1.165) is 11.8 Å². The van der Waals surface area contributed by atoms with Gasteiger partial charge >= 0.3 is 6.03 Å². The molecule has 9 nitrogen and oxygen atoms in total. The summed E-state index contributed by atoms with van der Waals surface area (Å²) in [5.41, 5.74) is 1.68. The number of anilines is 1. The smallest absolute Gasteiger partial charge is 0.321 e. The molecule has 3 heterocycles. The molecule has 0 bridgehead atoms. The average molecular weight is 360 g/mol. The fraction of sp³-hybridized carbons (Fsp3) is 0.200. The summed E-state index contributed by atoms with van der Waals surface area (Å²) >= 11 is 0. The third kappa shape index (κ3) is 3.58. The van der Waals surface area contributed by atoms with Crippen LogP contribution >= 0.6 is 0 Å². The molecule has 130 valence electrons. The summed E-state index contributed by atoms with van der Waals surface area (Å²) in [7, 11) is -3.57. The first-order valence-corrected chi connectivity index (χ1v) is 9.34. The zero-order valence-corrected chi connectivity index (χ0v) is 14.4. The summed E-state index contributed by atoms with van der Waals surface area (Å²) in [6.07, 6.45) is 4.35. The SMILES string of the molecule is CCNC(=O)Nc1nc2cc(-c3cccnc3)cc(S(C)(=O)=O)n2n1. The van der Waals surface area contributed by atoms with Crippen LogP contribution in [-0.4, -0.2) is 46.8 Å². The van der Waals surface area contributed by atoms with Crippen LogP contribution in [0, 0.1) is 0 Å². The van der Waals surface area contributed by atoms with Crippen molar-refractivity contribution in [3.63, 3.8) is 0 Å². The minimum Gasteiger partial charge on any atom is -0.338 e. The van der Waals surface area contributed by atoms with Crippen LogP contribution in [0.5, 0.6) is 0 Å². The van der Waals surface area contributed by atoms with Crippen molar-refractivity contribution in [1.82, 2.24) is 24.9 Å². The molecule has 25 heavy (non-hydrogen) atoms. The minimum absolute atomic E-state index is 0.0131. The van der Waals surface area contributed by atoms with Crippen LogP contribution < -0.4 is 10.6 Å². The maximum absolute atomic E-state index is 12.2. The first kappa shape index (κ1) is 16.8. The Labute approximate surface area is 144 Å². The van der Waals surface area contributed by atoms with Gasteiger partial charge in [0.15, 0.2) is 20.5 Å². The van der Waals surface area contributed by atoms with Gasteiger partial charge in [0.1, 0.15) is 0 Å². The summed E-state index contributed by atoms with van der Waals surface area (Å²) < 4.78 is 25.5. The highest BCUT2D eigenvalue weighted by molar-refractivity contribution is 7.90. The molecule has 0 aliphatic carbocycles. The van der Waals surface area contributed by atoms with E-state index in [4.69, 9.17) is 0 Å². The molecule has 0 saturated carbocycles. The highest BCUT2D eigenvalue weighted by atomic mass is 32.2. The Morgan fingerprint density at radius 3 is 2.72 bits per heavy atom. The fourth-order valence-electron chi connectivity index (χ4n) is 2.28. The molecule has 2 N–H and O–H groups in total. The number of aromatic nitrogens is 4. The third-order valence-corrected chi connectivity index (χ3v) is 4.39. The van der Waals surface area contributed by atoms with Gasteiger partial charge in [-0.05, 0) is 30.7 Å². The van der Waals surface area contributed by atoms with Crippen LogP contribution in [0.25, 0.3) is 16.8 Å². The molecule has 3 aromatic rings. The zero-order chi connectivity index (χ0) is 18.0. The van der Waals surface area contributed by atoms with E-state index < -0.39 is 15.9 Å². The van der Waals surface area contributed by atoms with Crippen molar-refractivity contribution in [3.8, 4) is 11.1 Å². The van der Waals surface area contributed by atoms with E-state index in [1.165, 1.54) is 10.6 Å². The molecule has 0 aliphatic heterocycles. The number of amides is 2. The van der Waals surface area contributed by atoms with Gasteiger partial charge in [0.05, 0.1) is 0 Å². The van der Waals surface area contributed by atoms with Gasteiger partial charge in [0, 0.05) is 30.8 Å². The minimum atomic E-state index is -3.57. The standard InChI is InChI=1S/C15H16N6O3S/c1-3-17-15(22)19-14-18-12-7-11(10-5-4-6-16-9-10)8-13(21(12)20-14)25(2,23)24/h4-9H,3H2,1-2H3,(H2,17,19,20,22). The highest BCUT2D eigenvalue weighted by Gasteiger charge is 2.18. The second-order valence-corrected chi connectivity index (χ2v) is 7.25. The summed E-state index contributed by atoms with van der Waals surface area (Å²) in [4.78, 5) is 19.9. The molecule has 3 rings (SSSR count). The number of fused-ring (bicyclic) bond motifs is 1. The maximum atomic E-state index is 12.2. The van der Waals surface area contributed by atoms with Gasteiger partial charge in [-0.15, -0.1) is 5.10 Å². The van der Waals surface area contributed by atoms with Crippen LogP contribution in [-0.2, 0) is 9.84 Å². The number of pyridine rings is 2. The summed E-state index contributed by atoms with van der Waals surface area (Å²) in [5.74, 6) is 0.0131. The van der Waals surface area contributed by atoms with E-state index in [1.807, 2.05) is 6.07 Å². The van der Waals surface area contributed by atoms with Gasteiger partial charge in [-0.25, -0.2) is 17.7 Å². The Balaban J connectivity index is 2.15. The summed E-state index contributed by atoms with van der Waals surface area (Å²) in [5, 5.41) is 9.07. The number of nitrogens with one attached hydrogen (secondary N) is 2. The number of rotatable bonds is 4. The van der Waals surface area contributed by atoms with E-state index in [2.05, 4.69) is 25.7 Å². The monoisotopic (exact) mass is 360 g/mol. The van der Waals surface area contributed by atoms with E-state index in [9.17, 15) is 13.2 Å². The van der Waals surface area contributed by atoms with E-state index in [-0.39, 0.29) is 11.0 Å². The molecular formula is C15H16N6O3S. The van der Waals surface area contributed by atoms with Crippen molar-refractivity contribution in [2.75, 3.05) is 18.1 Å². The Bertz CT molecular complexity index is 1030. The van der Waals surface area contributed by atoms with Crippen molar-refractivity contribution >= 4 is 27.5 Å². The van der Waals surface area contributed by atoms with Crippen LogP contribution in [0.15, 0.2) is 41.7 Å². The van der Waals surface area contributed by atoms with Crippen molar-refractivity contribution < 1.29 is 13.2 Å². The number of hydrogen-bond donors (Lipinski definition) is 2. The summed E-state index contributed by atoms with van der Waals surface area (Å²) in [6.45, 7) is 2.22. The number of carbonyl (C=O) groups excluding carboxylic acids is 1. The molecule has 0 aromatic carbocycles. The third-order valence-electron chi connectivity index (χ3n) is 3.34. The topological polar surface area (TPSA) is 118 Å². The molecular weight excluding hydrogens is 344 g/mol. The molecule has 0 radical (unpaired) electrons. The molecule has 3 aromatic heterocycles. The number of sulfone groups is 1. The molecule has 0 saturated heterocycles. The number of nitrogens with zero attached hydrogens (tertiary/aromatic N) is 4. The second-order valence-electron chi connectivity index (χ2n) is 5.29. The molecule has 0 fully saturated rings. The van der Waals surface area contributed by atoms with Crippen LogP contribution in [0.2, 0.25) is 0 Å². The van der Waals surface area contributed by atoms with Gasteiger partial charge in [0.2, 0.25) is 0 Å². The fourth-order valence-corrected chi connectivity index (χ4v) is 3.07. The average Bonchev–Trinajstić information content (AvgIpc) is 2.95. The van der Waals surface area contributed by atoms with Crippen molar-refractivity contribution in [2.24, 2.45) is 0 Å². The molecule has 0 aliphatic rings. The van der Waals surface area contributed by atoms with Gasteiger partial charge in [-0.3, -0.25) is 10.3 Å². The maximum Gasteiger partial charge on any atom is 0.321 e. The Morgan fingerprint density at radius 1 is 1.28 bits per heavy atom. The first-order chi connectivity index (χ1) is 11.9. The Kier molecular flexibility index (Phi) is 4.36. The number of hydrogen-bond acceptors (Lipinski definition) is 6. The lowest BCUT2D eigenvalue weighted by atomic mass is 10.1. The Morgan fingerprint density at radius 2 is 2.08 bits per heavy atom. The normalized spacial score (nSPS) is 11.4. The van der Waals surface area contributed by atoms with E-state index >= 15 is 0 Å². The van der Waals surface area contributed by atoms with Crippen LogP contribution in [0.3, 0.4) is 0 Å². The Hall–Kier alpha value is -3.01. The van der Waals surface area contributed by atoms with Gasteiger partial charge in [-0.1, -0.05) is 6.07 Å². The summed E-state index contributed by atoms with van der Waals surface area (Å²) in [6, 6.07) is 6.29. The quantitative estimate of drug-likeness (QED) is 0.725. The van der Waals surface area contributed by atoms with Gasteiger partial charge in [0.25, 0.3) is 5.95 Å².